The fourth-order valence-electron chi connectivity index (χ4n) is 2.46. The first-order valence-electron chi connectivity index (χ1n) is 9.52. The predicted molar refractivity (Wildman–Crippen MR) is 117 cm³/mol. The van der Waals surface area contributed by atoms with E-state index in [2.05, 4.69) is 10.3 Å². The number of aliphatic carboxylic acids is 1. The lowest BCUT2D eigenvalue weighted by Crippen LogP contribution is -2.25. The second-order valence-corrected chi connectivity index (χ2v) is 7.88. The molecular formula is C21H25N3O6S. The first-order chi connectivity index (χ1) is 14.8. The standard InChI is InChI=1S/C18H19N3O3S.C3H6O3/c1-21(16-4-2-3-9-19-16)10-11-24-14-7-5-13(6-8-14)12-15-17(22)20-18(23)25-15;1-2(4)3(5)6/h2-9,15H,10-12H2,1H3,(H,20,22,23);2,4H,1H3,(H,5,6). The number of benzene rings is 1. The van der Waals surface area contributed by atoms with Gasteiger partial charge in [-0.25, -0.2) is 9.78 Å². The lowest BCUT2D eigenvalue weighted by molar-refractivity contribution is -0.145. The summed E-state index contributed by atoms with van der Waals surface area (Å²) in [5, 5.41) is 17.5. The van der Waals surface area contributed by atoms with E-state index >= 15 is 0 Å². The monoisotopic (exact) mass is 447 g/mol. The molecule has 1 aromatic carbocycles. The third kappa shape index (κ3) is 8.27. The molecule has 2 unspecified atom stereocenters. The summed E-state index contributed by atoms with van der Waals surface area (Å²) in [5.41, 5.74) is 1.00. The van der Waals surface area contributed by atoms with Crippen molar-refractivity contribution in [3.05, 3.63) is 54.2 Å². The van der Waals surface area contributed by atoms with Crippen LogP contribution < -0.4 is 15.0 Å². The highest BCUT2D eigenvalue weighted by molar-refractivity contribution is 8.15. The molecule has 1 aliphatic rings. The van der Waals surface area contributed by atoms with Crippen molar-refractivity contribution < 1.29 is 29.3 Å². The first-order valence-corrected chi connectivity index (χ1v) is 10.4. The minimum absolute atomic E-state index is 0.215. The van der Waals surface area contributed by atoms with Gasteiger partial charge >= 0.3 is 5.97 Å². The topological polar surface area (TPSA) is 129 Å². The number of nitrogens with one attached hydrogen (secondary N) is 1. The number of aliphatic hydroxyl groups excluding tert-OH is 1. The molecule has 2 atom stereocenters. The van der Waals surface area contributed by atoms with Crippen molar-refractivity contribution in [2.45, 2.75) is 24.7 Å². The van der Waals surface area contributed by atoms with E-state index in [1.165, 1.54) is 6.92 Å². The number of hydrogen-bond donors (Lipinski definition) is 3. The SMILES string of the molecule is CC(O)C(=O)O.CN(CCOc1ccc(CC2SC(=O)NC2=O)cc1)c1ccccn1. The molecule has 10 heteroatoms. The van der Waals surface area contributed by atoms with Crippen LogP contribution in [-0.4, -0.2) is 63.9 Å². The second-order valence-electron chi connectivity index (χ2n) is 6.70. The minimum Gasteiger partial charge on any atom is -0.492 e. The highest BCUT2D eigenvalue weighted by Gasteiger charge is 2.31. The Bertz CT molecular complexity index is 876. The number of carbonyl (C=O) groups excluding carboxylic acids is 2. The maximum absolute atomic E-state index is 11.6. The number of amides is 2. The fourth-order valence-corrected chi connectivity index (χ4v) is 3.32. The molecule has 9 nitrogen and oxygen atoms in total. The molecule has 2 aromatic rings. The van der Waals surface area contributed by atoms with Gasteiger partial charge in [-0.05, 0) is 43.2 Å². The van der Waals surface area contributed by atoms with Crippen molar-refractivity contribution in [1.29, 1.82) is 0 Å². The van der Waals surface area contributed by atoms with Gasteiger partial charge < -0.3 is 19.8 Å². The number of rotatable bonds is 8. The van der Waals surface area contributed by atoms with Crippen molar-refractivity contribution in [2.24, 2.45) is 0 Å². The summed E-state index contributed by atoms with van der Waals surface area (Å²) in [5.74, 6) is 0.281. The molecule has 1 aliphatic heterocycles. The van der Waals surface area contributed by atoms with Gasteiger partial charge in [0.2, 0.25) is 5.91 Å². The molecule has 3 N–H and O–H groups in total. The van der Waals surface area contributed by atoms with E-state index in [0.717, 1.165) is 35.4 Å². The van der Waals surface area contributed by atoms with Gasteiger partial charge in [0.05, 0.1) is 11.8 Å². The van der Waals surface area contributed by atoms with Crippen LogP contribution in [0.25, 0.3) is 0 Å². The first kappa shape index (κ1) is 24.2. The van der Waals surface area contributed by atoms with E-state index in [9.17, 15) is 14.4 Å². The number of imide groups is 1. The second kappa shape index (κ2) is 11.9. The number of carbonyl (C=O) groups is 3. The van der Waals surface area contributed by atoms with Crippen LogP contribution in [0.2, 0.25) is 0 Å². The molecule has 0 saturated carbocycles. The number of anilines is 1. The van der Waals surface area contributed by atoms with E-state index in [1.54, 1.807) is 6.20 Å². The van der Waals surface area contributed by atoms with Gasteiger partial charge in [-0.15, -0.1) is 0 Å². The van der Waals surface area contributed by atoms with Crippen molar-refractivity contribution in [1.82, 2.24) is 10.3 Å². The van der Waals surface area contributed by atoms with Crippen LogP contribution in [0.4, 0.5) is 10.6 Å². The lowest BCUT2D eigenvalue weighted by atomic mass is 10.1. The van der Waals surface area contributed by atoms with Crippen LogP contribution in [-0.2, 0) is 16.0 Å². The Morgan fingerprint density at radius 1 is 1.26 bits per heavy atom. The number of hydrogen-bond acceptors (Lipinski definition) is 8. The molecule has 0 spiro atoms. The van der Waals surface area contributed by atoms with Crippen molar-refractivity contribution in [3.8, 4) is 5.75 Å². The molecule has 2 heterocycles. The van der Waals surface area contributed by atoms with Crippen molar-refractivity contribution in [3.63, 3.8) is 0 Å². The van der Waals surface area contributed by atoms with Crippen LogP contribution in [0, 0.1) is 0 Å². The minimum atomic E-state index is -1.23. The number of thioether (sulfide) groups is 1. The number of likely N-dealkylation sites (N-methyl/N-ethyl adjacent to an activating group) is 1. The molecule has 31 heavy (non-hydrogen) atoms. The summed E-state index contributed by atoms with van der Waals surface area (Å²) in [6.07, 6.45) is 1.07. The molecule has 1 saturated heterocycles. The Hall–Kier alpha value is -3.11. The molecule has 0 bridgehead atoms. The number of ether oxygens (including phenoxy) is 1. The van der Waals surface area contributed by atoms with E-state index in [1.807, 2.05) is 54.4 Å². The molecule has 3 rings (SSSR count). The van der Waals surface area contributed by atoms with Crippen LogP contribution >= 0.6 is 11.8 Å². The van der Waals surface area contributed by atoms with E-state index in [-0.39, 0.29) is 16.4 Å². The summed E-state index contributed by atoms with van der Waals surface area (Å²) < 4.78 is 5.75. The highest BCUT2D eigenvalue weighted by atomic mass is 32.2. The normalized spacial score (nSPS) is 16.0. The summed E-state index contributed by atoms with van der Waals surface area (Å²) >= 11 is 1.05. The molecule has 0 radical (unpaired) electrons. The Kier molecular flexibility index (Phi) is 9.29. The maximum atomic E-state index is 11.6. The summed E-state index contributed by atoms with van der Waals surface area (Å²) in [6, 6.07) is 13.4. The summed E-state index contributed by atoms with van der Waals surface area (Å²) in [4.78, 5) is 38.5. The summed E-state index contributed by atoms with van der Waals surface area (Å²) in [7, 11) is 1.97. The average molecular weight is 448 g/mol. The summed E-state index contributed by atoms with van der Waals surface area (Å²) in [6.45, 7) is 2.46. The van der Waals surface area contributed by atoms with Gasteiger partial charge in [0.25, 0.3) is 5.24 Å². The zero-order chi connectivity index (χ0) is 22.8. The van der Waals surface area contributed by atoms with Crippen LogP contribution in [0.1, 0.15) is 12.5 Å². The Morgan fingerprint density at radius 3 is 2.45 bits per heavy atom. The number of aliphatic hydroxyl groups is 1. The van der Waals surface area contributed by atoms with Gasteiger partial charge in [-0.3, -0.25) is 14.9 Å². The zero-order valence-electron chi connectivity index (χ0n) is 17.2. The predicted octanol–water partition coefficient (Wildman–Crippen LogP) is 1.94. The number of nitrogens with zero attached hydrogens (tertiary/aromatic N) is 2. The molecule has 166 valence electrons. The Labute approximate surface area is 184 Å². The number of carboxylic acid groups (broad SMARTS) is 1. The van der Waals surface area contributed by atoms with Gasteiger partial charge in [-0.2, -0.15) is 0 Å². The lowest BCUT2D eigenvalue weighted by Gasteiger charge is -2.18. The smallest absolute Gasteiger partial charge is 0.332 e. The molecule has 0 aliphatic carbocycles. The average Bonchev–Trinajstić information content (AvgIpc) is 3.06. The van der Waals surface area contributed by atoms with E-state index in [4.69, 9.17) is 14.9 Å². The van der Waals surface area contributed by atoms with Gasteiger partial charge in [-0.1, -0.05) is 30.0 Å². The van der Waals surface area contributed by atoms with Crippen LogP contribution in [0.3, 0.4) is 0 Å². The largest absolute Gasteiger partial charge is 0.492 e. The zero-order valence-corrected chi connectivity index (χ0v) is 18.0. The van der Waals surface area contributed by atoms with E-state index in [0.29, 0.717) is 13.0 Å². The molecule has 1 fully saturated rings. The third-order valence-electron chi connectivity index (χ3n) is 4.20. The van der Waals surface area contributed by atoms with E-state index < -0.39 is 12.1 Å². The van der Waals surface area contributed by atoms with Crippen molar-refractivity contribution in [2.75, 3.05) is 25.1 Å². The van der Waals surface area contributed by atoms with Crippen LogP contribution in [0.15, 0.2) is 48.7 Å². The Balaban J connectivity index is 0.000000501. The maximum Gasteiger partial charge on any atom is 0.332 e. The number of aromatic nitrogens is 1. The van der Waals surface area contributed by atoms with Crippen LogP contribution in [0.5, 0.6) is 5.75 Å². The molecule has 1 aromatic heterocycles. The fraction of sp³-hybridized carbons (Fsp3) is 0.333. The molecular weight excluding hydrogens is 422 g/mol. The number of pyridine rings is 1. The van der Waals surface area contributed by atoms with Gasteiger partial charge in [0.15, 0.2) is 0 Å². The highest BCUT2D eigenvalue weighted by Crippen LogP contribution is 2.23. The Morgan fingerprint density at radius 2 is 1.94 bits per heavy atom. The number of carboxylic acids is 1. The van der Waals surface area contributed by atoms with Crippen molar-refractivity contribution >= 4 is 34.7 Å². The quantitative estimate of drug-likeness (QED) is 0.556. The van der Waals surface area contributed by atoms with Gasteiger partial charge in [0, 0.05) is 13.2 Å². The van der Waals surface area contributed by atoms with Gasteiger partial charge in [0.1, 0.15) is 24.3 Å². The third-order valence-corrected chi connectivity index (χ3v) is 5.19. The molecule has 2 amide bonds.